The summed E-state index contributed by atoms with van der Waals surface area (Å²) in [6, 6.07) is 1.50. The van der Waals surface area contributed by atoms with Gasteiger partial charge >= 0.3 is 12.8 Å². The SMILES string of the molecule is FC(F)Oc1cc(Br)c(C(F)(F)F)cc1Br. The third-order valence-electron chi connectivity index (χ3n) is 1.54. The predicted octanol–water partition coefficient (Wildman–Crippen LogP) is 4.83. The first kappa shape index (κ1) is 13.7. The maximum atomic E-state index is 12.4. The highest BCUT2D eigenvalue weighted by molar-refractivity contribution is 9.11. The summed E-state index contributed by atoms with van der Waals surface area (Å²) >= 11 is 5.36. The molecule has 0 amide bonds. The first-order valence-electron chi connectivity index (χ1n) is 3.73. The van der Waals surface area contributed by atoms with Crippen LogP contribution < -0.4 is 4.74 Å². The Kier molecular flexibility index (Phi) is 4.17. The molecule has 1 aromatic carbocycles. The predicted molar refractivity (Wildman–Crippen MR) is 53.5 cm³/mol. The molecule has 0 N–H and O–H groups in total. The Morgan fingerprint density at radius 1 is 1.06 bits per heavy atom. The van der Waals surface area contributed by atoms with Crippen LogP contribution in [0, 0.1) is 0 Å². The van der Waals surface area contributed by atoms with Crippen LogP contribution in [0.4, 0.5) is 22.0 Å². The van der Waals surface area contributed by atoms with E-state index in [1.54, 1.807) is 0 Å². The Bertz CT molecular complexity index is 391. The molecule has 0 radical (unpaired) electrons. The Balaban J connectivity index is 3.17. The van der Waals surface area contributed by atoms with E-state index in [1.165, 1.54) is 0 Å². The normalized spacial score (nSPS) is 12.0. The van der Waals surface area contributed by atoms with Crippen LogP contribution in [0.3, 0.4) is 0 Å². The lowest BCUT2D eigenvalue weighted by Crippen LogP contribution is -2.08. The van der Waals surface area contributed by atoms with Gasteiger partial charge in [0, 0.05) is 4.47 Å². The van der Waals surface area contributed by atoms with Gasteiger partial charge in [0.05, 0.1) is 10.0 Å². The zero-order valence-electron chi connectivity index (χ0n) is 7.29. The van der Waals surface area contributed by atoms with Gasteiger partial charge < -0.3 is 4.74 Å². The summed E-state index contributed by atoms with van der Waals surface area (Å²) in [5.41, 5.74) is -0.971. The molecule has 0 fully saturated rings. The van der Waals surface area contributed by atoms with Gasteiger partial charge in [0.1, 0.15) is 5.75 Å². The fourth-order valence-corrected chi connectivity index (χ4v) is 1.92. The van der Waals surface area contributed by atoms with Crippen LogP contribution in [0.15, 0.2) is 21.1 Å². The van der Waals surface area contributed by atoms with Gasteiger partial charge in [-0.2, -0.15) is 22.0 Å². The third kappa shape index (κ3) is 3.31. The van der Waals surface area contributed by atoms with Crippen LogP contribution in [0.2, 0.25) is 0 Å². The fraction of sp³-hybridized carbons (Fsp3) is 0.250. The van der Waals surface area contributed by atoms with Gasteiger partial charge in [-0.05, 0) is 28.1 Å². The lowest BCUT2D eigenvalue weighted by molar-refractivity contribution is -0.138. The molecule has 0 aliphatic rings. The summed E-state index contributed by atoms with van der Waals surface area (Å²) in [5.74, 6) is -0.366. The van der Waals surface area contributed by atoms with E-state index in [4.69, 9.17) is 0 Å². The molecule has 1 rings (SSSR count). The quantitative estimate of drug-likeness (QED) is 0.678. The minimum Gasteiger partial charge on any atom is -0.434 e. The summed E-state index contributed by atoms with van der Waals surface area (Å²) in [6.07, 6.45) is -4.56. The maximum Gasteiger partial charge on any atom is 0.417 e. The van der Waals surface area contributed by atoms with E-state index >= 15 is 0 Å². The maximum absolute atomic E-state index is 12.4. The van der Waals surface area contributed by atoms with Crippen LogP contribution in [0.5, 0.6) is 5.75 Å². The molecule has 90 valence electrons. The number of hydrogen-bond donors (Lipinski definition) is 0. The molecule has 0 unspecified atom stereocenters. The highest BCUT2D eigenvalue weighted by Crippen LogP contribution is 2.40. The summed E-state index contributed by atoms with van der Waals surface area (Å²) in [6.45, 7) is -3.10. The smallest absolute Gasteiger partial charge is 0.417 e. The fourth-order valence-electron chi connectivity index (χ4n) is 0.932. The van der Waals surface area contributed by atoms with E-state index in [2.05, 4.69) is 36.6 Å². The standard InChI is InChI=1S/C8H3Br2F5O/c9-4-2-6(16-7(11)12)5(10)1-3(4)8(13,14)15/h1-2,7H. The van der Waals surface area contributed by atoms with E-state index in [-0.39, 0.29) is 14.7 Å². The Labute approximate surface area is 104 Å². The number of alkyl halides is 5. The average Bonchev–Trinajstić information content (AvgIpc) is 2.07. The van der Waals surface area contributed by atoms with Crippen molar-refractivity contribution < 1.29 is 26.7 Å². The van der Waals surface area contributed by atoms with Gasteiger partial charge in [0.2, 0.25) is 0 Å². The summed E-state index contributed by atoms with van der Waals surface area (Å²) in [7, 11) is 0. The lowest BCUT2D eigenvalue weighted by atomic mass is 10.2. The molecule has 0 bridgehead atoms. The van der Waals surface area contributed by atoms with Gasteiger partial charge in [-0.15, -0.1) is 0 Å². The molecular weight excluding hydrogens is 367 g/mol. The molecule has 1 nitrogen and oxygen atoms in total. The monoisotopic (exact) mass is 368 g/mol. The minimum atomic E-state index is -4.56. The second-order valence-corrected chi connectivity index (χ2v) is 4.35. The van der Waals surface area contributed by atoms with Crippen molar-refractivity contribution in [2.45, 2.75) is 12.8 Å². The van der Waals surface area contributed by atoms with Crippen LogP contribution in [-0.2, 0) is 6.18 Å². The van der Waals surface area contributed by atoms with Crippen LogP contribution in [0.1, 0.15) is 5.56 Å². The molecule has 0 saturated carbocycles. The molecule has 0 aromatic heterocycles. The van der Waals surface area contributed by atoms with Gasteiger partial charge in [-0.1, -0.05) is 15.9 Å². The van der Waals surface area contributed by atoms with E-state index in [1.807, 2.05) is 0 Å². The molecule has 0 aliphatic heterocycles. The molecule has 0 atom stereocenters. The largest absolute Gasteiger partial charge is 0.434 e. The molecular formula is C8H3Br2F5O. The molecule has 1 aromatic rings. The second kappa shape index (κ2) is 4.87. The minimum absolute atomic E-state index is 0.191. The van der Waals surface area contributed by atoms with Gasteiger partial charge in [0.15, 0.2) is 0 Å². The zero-order valence-corrected chi connectivity index (χ0v) is 10.5. The molecule has 0 saturated heterocycles. The highest BCUT2D eigenvalue weighted by Gasteiger charge is 2.34. The highest BCUT2D eigenvalue weighted by atomic mass is 79.9. The summed E-state index contributed by atoms with van der Waals surface area (Å²) < 4.78 is 64.4. The number of benzene rings is 1. The molecule has 8 heteroatoms. The van der Waals surface area contributed by atoms with Gasteiger partial charge in [0.25, 0.3) is 0 Å². The van der Waals surface area contributed by atoms with Crippen LogP contribution in [0.25, 0.3) is 0 Å². The lowest BCUT2D eigenvalue weighted by Gasteiger charge is -2.13. The van der Waals surface area contributed by atoms with Crippen LogP contribution >= 0.6 is 31.9 Å². The van der Waals surface area contributed by atoms with E-state index in [9.17, 15) is 22.0 Å². The molecule has 16 heavy (non-hydrogen) atoms. The van der Waals surface area contributed by atoms with Crippen molar-refractivity contribution in [3.05, 3.63) is 26.6 Å². The Morgan fingerprint density at radius 3 is 2.06 bits per heavy atom. The Hall–Kier alpha value is -0.370. The van der Waals surface area contributed by atoms with Crippen molar-refractivity contribution in [1.82, 2.24) is 0 Å². The first-order chi connectivity index (χ1) is 7.21. The second-order valence-electron chi connectivity index (χ2n) is 2.64. The topological polar surface area (TPSA) is 9.23 Å². The number of ether oxygens (including phenoxy) is 1. The molecule has 0 spiro atoms. The third-order valence-corrected chi connectivity index (χ3v) is 2.82. The van der Waals surface area contributed by atoms with Crippen molar-refractivity contribution in [3.63, 3.8) is 0 Å². The van der Waals surface area contributed by atoms with Crippen molar-refractivity contribution in [2.24, 2.45) is 0 Å². The summed E-state index contributed by atoms with van der Waals surface area (Å²) in [5, 5.41) is 0. The zero-order chi connectivity index (χ0) is 12.5. The number of halogens is 7. The van der Waals surface area contributed by atoms with Crippen molar-refractivity contribution in [3.8, 4) is 5.75 Å². The van der Waals surface area contributed by atoms with Crippen LogP contribution in [-0.4, -0.2) is 6.61 Å². The number of hydrogen-bond acceptors (Lipinski definition) is 1. The van der Waals surface area contributed by atoms with E-state index < -0.39 is 18.4 Å². The van der Waals surface area contributed by atoms with Gasteiger partial charge in [-0.25, -0.2) is 0 Å². The molecule has 0 heterocycles. The summed E-state index contributed by atoms with van der Waals surface area (Å²) in [4.78, 5) is 0. The molecule has 0 aliphatic carbocycles. The number of rotatable bonds is 2. The van der Waals surface area contributed by atoms with Gasteiger partial charge in [-0.3, -0.25) is 0 Å². The van der Waals surface area contributed by atoms with E-state index in [0.717, 1.165) is 6.07 Å². The van der Waals surface area contributed by atoms with E-state index in [0.29, 0.717) is 6.07 Å². The first-order valence-corrected chi connectivity index (χ1v) is 5.31. The van der Waals surface area contributed by atoms with Crippen molar-refractivity contribution in [2.75, 3.05) is 0 Å². The average molecular weight is 370 g/mol. The van der Waals surface area contributed by atoms with Crippen molar-refractivity contribution in [1.29, 1.82) is 0 Å². The Morgan fingerprint density at radius 2 is 1.62 bits per heavy atom. The van der Waals surface area contributed by atoms with Crippen molar-refractivity contribution >= 4 is 31.9 Å².